The molecule has 2 saturated heterocycles. The number of esters is 1. The summed E-state index contributed by atoms with van der Waals surface area (Å²) in [6.07, 6.45) is 8.45. The Morgan fingerprint density at radius 3 is 2.58 bits per heavy atom. The number of carbonyl (C=O) groups excluding carboxylic acids is 3. The van der Waals surface area contributed by atoms with Gasteiger partial charge in [-0.25, -0.2) is 0 Å². The summed E-state index contributed by atoms with van der Waals surface area (Å²) in [7, 11) is 0. The third-order valence-electron chi connectivity index (χ3n) is 7.91. The number of rotatable bonds is 4. The SMILES string of the molecule is CC(C)[C@H](CO)N1C(=O)[C@@H]2[C@@H]3C(=O)OCCC=C[C@]3(C)S[C@@]23C=CCN(c2ccccc2Cl)C(=O)C13. The molecule has 0 aliphatic carbocycles. The lowest BCUT2D eigenvalue weighted by molar-refractivity contribution is -0.154. The van der Waals surface area contributed by atoms with Crippen LogP contribution in [0.1, 0.15) is 27.2 Å². The van der Waals surface area contributed by atoms with Gasteiger partial charge in [-0.15, -0.1) is 11.8 Å². The first-order chi connectivity index (χ1) is 17.2. The first-order valence-corrected chi connectivity index (χ1v) is 13.6. The van der Waals surface area contributed by atoms with Crippen molar-refractivity contribution in [2.24, 2.45) is 17.8 Å². The average Bonchev–Trinajstić information content (AvgIpc) is 3.14. The van der Waals surface area contributed by atoms with Crippen molar-refractivity contribution in [3.63, 3.8) is 0 Å². The maximum Gasteiger partial charge on any atom is 0.311 e. The number of halogens is 1. The molecule has 6 atom stereocenters. The van der Waals surface area contributed by atoms with Crippen molar-refractivity contribution in [3.05, 3.63) is 53.6 Å². The van der Waals surface area contributed by atoms with E-state index in [4.69, 9.17) is 16.3 Å². The van der Waals surface area contributed by atoms with E-state index in [1.165, 1.54) is 11.8 Å². The van der Waals surface area contributed by atoms with Gasteiger partial charge in [-0.3, -0.25) is 14.4 Å². The summed E-state index contributed by atoms with van der Waals surface area (Å²) in [4.78, 5) is 45.3. The van der Waals surface area contributed by atoms with Crippen LogP contribution >= 0.6 is 23.4 Å². The van der Waals surface area contributed by atoms with Crippen LogP contribution < -0.4 is 4.90 Å². The van der Waals surface area contributed by atoms with E-state index in [-0.39, 0.29) is 37.5 Å². The Balaban J connectivity index is 1.71. The number of nitrogens with zero attached hydrogens (tertiary/aromatic N) is 2. The molecule has 9 heteroatoms. The Morgan fingerprint density at radius 2 is 1.89 bits per heavy atom. The lowest BCUT2D eigenvalue weighted by Gasteiger charge is -2.41. The second kappa shape index (κ2) is 9.23. The molecular formula is C27H31ClN2O5S. The first-order valence-electron chi connectivity index (χ1n) is 12.4. The predicted octanol–water partition coefficient (Wildman–Crippen LogP) is 3.45. The lowest BCUT2D eigenvalue weighted by Crippen LogP contribution is -2.58. The molecule has 2 fully saturated rings. The van der Waals surface area contributed by atoms with E-state index in [2.05, 4.69) is 0 Å². The summed E-state index contributed by atoms with van der Waals surface area (Å²) in [5.74, 6) is -2.64. The van der Waals surface area contributed by atoms with Gasteiger partial charge >= 0.3 is 5.97 Å². The van der Waals surface area contributed by atoms with Crippen LogP contribution in [0.15, 0.2) is 48.6 Å². The number of para-hydroxylation sites is 1. The molecule has 4 aliphatic rings. The van der Waals surface area contributed by atoms with Crippen molar-refractivity contribution in [2.45, 2.75) is 48.8 Å². The van der Waals surface area contributed by atoms with Gasteiger partial charge in [-0.1, -0.05) is 61.9 Å². The van der Waals surface area contributed by atoms with Crippen LogP contribution in [0.4, 0.5) is 5.69 Å². The molecule has 5 rings (SSSR count). The van der Waals surface area contributed by atoms with Gasteiger partial charge in [0.05, 0.1) is 46.5 Å². The Morgan fingerprint density at radius 1 is 1.14 bits per heavy atom. The van der Waals surface area contributed by atoms with Gasteiger partial charge in [-0.05, 0) is 31.4 Å². The fourth-order valence-corrected chi connectivity index (χ4v) is 8.67. The van der Waals surface area contributed by atoms with Crippen molar-refractivity contribution < 1.29 is 24.2 Å². The van der Waals surface area contributed by atoms with Crippen LogP contribution in [0.5, 0.6) is 0 Å². The average molecular weight is 531 g/mol. The number of ether oxygens (including phenoxy) is 1. The molecule has 1 aromatic rings. The number of carbonyl (C=O) groups is 3. The van der Waals surface area contributed by atoms with Crippen molar-refractivity contribution in [3.8, 4) is 0 Å². The molecule has 0 bridgehead atoms. The number of amides is 2. The maximum absolute atomic E-state index is 14.4. The zero-order valence-electron chi connectivity index (χ0n) is 20.6. The standard InChI is InChI=1S/C27H31ClN2O5S/c1-16(2)19(15-31)30-22-24(33)29(18-10-5-4-9-17(18)28)13-8-12-27(22)20(23(30)32)21-25(34)35-14-7-6-11-26(21,3)36-27/h4-6,8-12,16,19-22,31H,7,13-15H2,1-3H3/t19-,20-,21+,22?,26-,27-/m0/s1. The molecule has 0 saturated carbocycles. The lowest BCUT2D eigenvalue weighted by atomic mass is 9.74. The van der Waals surface area contributed by atoms with E-state index in [0.29, 0.717) is 17.1 Å². The number of aliphatic hydroxyl groups is 1. The van der Waals surface area contributed by atoms with E-state index < -0.39 is 39.4 Å². The number of hydrogen-bond donors (Lipinski definition) is 1. The molecule has 1 spiro atoms. The minimum absolute atomic E-state index is 0.107. The summed E-state index contributed by atoms with van der Waals surface area (Å²) in [6.45, 7) is 6.04. The van der Waals surface area contributed by atoms with Gasteiger partial charge in [0.1, 0.15) is 6.04 Å². The molecule has 4 heterocycles. The molecule has 4 aliphatic heterocycles. The summed E-state index contributed by atoms with van der Waals surface area (Å²) in [6, 6.07) is 5.63. The van der Waals surface area contributed by atoms with Crippen LogP contribution in [0.25, 0.3) is 0 Å². The van der Waals surface area contributed by atoms with Gasteiger partial charge in [0.2, 0.25) is 5.91 Å². The van der Waals surface area contributed by atoms with E-state index in [9.17, 15) is 19.5 Å². The fraction of sp³-hybridized carbons (Fsp3) is 0.519. The monoisotopic (exact) mass is 530 g/mol. The second-order valence-electron chi connectivity index (χ2n) is 10.4. The van der Waals surface area contributed by atoms with Crippen LogP contribution in [0.3, 0.4) is 0 Å². The van der Waals surface area contributed by atoms with E-state index in [0.717, 1.165) is 0 Å². The van der Waals surface area contributed by atoms with Gasteiger partial charge in [0.25, 0.3) is 5.91 Å². The molecule has 1 N–H and O–H groups in total. The van der Waals surface area contributed by atoms with Gasteiger partial charge in [-0.2, -0.15) is 0 Å². The number of hydrogen-bond acceptors (Lipinski definition) is 6. The Kier molecular flexibility index (Phi) is 6.50. The number of thioether (sulfide) groups is 1. The maximum atomic E-state index is 14.4. The largest absolute Gasteiger partial charge is 0.465 e. The quantitative estimate of drug-likeness (QED) is 0.474. The highest BCUT2D eigenvalue weighted by Gasteiger charge is 2.74. The van der Waals surface area contributed by atoms with Crippen LogP contribution in [0, 0.1) is 17.8 Å². The molecular weight excluding hydrogens is 500 g/mol. The van der Waals surface area contributed by atoms with E-state index in [1.54, 1.807) is 28.0 Å². The number of likely N-dealkylation sites (tertiary alicyclic amines) is 1. The second-order valence-corrected chi connectivity index (χ2v) is 12.6. The molecule has 7 nitrogen and oxygen atoms in total. The predicted molar refractivity (Wildman–Crippen MR) is 140 cm³/mol. The normalized spacial score (nSPS) is 34.6. The number of aliphatic hydroxyl groups excluding tert-OH is 1. The first kappa shape index (κ1) is 25.4. The minimum Gasteiger partial charge on any atom is -0.465 e. The highest BCUT2D eigenvalue weighted by molar-refractivity contribution is 8.02. The zero-order valence-corrected chi connectivity index (χ0v) is 22.2. The van der Waals surface area contributed by atoms with Crippen LogP contribution in [-0.4, -0.2) is 69.1 Å². The Hall–Kier alpha value is -2.29. The third kappa shape index (κ3) is 3.63. The molecule has 0 radical (unpaired) electrons. The van der Waals surface area contributed by atoms with E-state index >= 15 is 0 Å². The molecule has 192 valence electrons. The molecule has 2 amide bonds. The molecule has 1 unspecified atom stereocenters. The molecule has 1 aromatic carbocycles. The topological polar surface area (TPSA) is 87.2 Å². The summed E-state index contributed by atoms with van der Waals surface area (Å²) >= 11 is 7.99. The van der Waals surface area contributed by atoms with E-state index in [1.807, 2.05) is 51.1 Å². The molecule has 36 heavy (non-hydrogen) atoms. The highest BCUT2D eigenvalue weighted by Crippen LogP contribution is 2.65. The molecule has 0 aromatic heterocycles. The number of fused-ring (bicyclic) bond motifs is 2. The highest BCUT2D eigenvalue weighted by atomic mass is 35.5. The minimum atomic E-state index is -1.00. The van der Waals surface area contributed by atoms with Crippen molar-refractivity contribution in [1.29, 1.82) is 0 Å². The van der Waals surface area contributed by atoms with Crippen molar-refractivity contribution in [2.75, 3.05) is 24.7 Å². The Labute approximate surface area is 220 Å². The van der Waals surface area contributed by atoms with Crippen LogP contribution in [0.2, 0.25) is 5.02 Å². The number of benzene rings is 1. The number of cyclic esters (lactones) is 1. The van der Waals surface area contributed by atoms with Crippen LogP contribution in [-0.2, 0) is 19.1 Å². The van der Waals surface area contributed by atoms with Crippen molar-refractivity contribution in [1.82, 2.24) is 4.90 Å². The smallest absolute Gasteiger partial charge is 0.311 e. The summed E-state index contributed by atoms with van der Waals surface area (Å²) in [5.41, 5.74) is 0.561. The Bertz CT molecular complexity index is 1150. The summed E-state index contributed by atoms with van der Waals surface area (Å²) in [5, 5.41) is 10.8. The fourth-order valence-electron chi connectivity index (χ4n) is 6.29. The number of anilines is 1. The van der Waals surface area contributed by atoms with Gasteiger partial charge in [0.15, 0.2) is 0 Å². The van der Waals surface area contributed by atoms with Gasteiger partial charge in [0, 0.05) is 11.3 Å². The van der Waals surface area contributed by atoms with Gasteiger partial charge < -0.3 is 19.6 Å². The third-order valence-corrected chi connectivity index (χ3v) is 10.0. The summed E-state index contributed by atoms with van der Waals surface area (Å²) < 4.78 is 3.84. The zero-order chi connectivity index (χ0) is 25.8. The van der Waals surface area contributed by atoms with Crippen molar-refractivity contribution >= 4 is 46.8 Å².